The average Bonchev–Trinajstić information content (AvgIpc) is 2.31. The fourth-order valence-electron chi connectivity index (χ4n) is 1.62. The van der Waals surface area contributed by atoms with Crippen molar-refractivity contribution in [1.29, 1.82) is 0 Å². The van der Waals surface area contributed by atoms with Crippen LogP contribution in [0.25, 0.3) is 0 Å². The molecule has 1 rings (SSSR count). The molecule has 0 heterocycles. The minimum Gasteiger partial charge on any atom is -0.480 e. The molecule has 0 saturated heterocycles. The fraction of sp³-hybridized carbons (Fsp3) is 0.333. The number of sulfone groups is 1. The summed E-state index contributed by atoms with van der Waals surface area (Å²) in [7, 11) is -3.79. The van der Waals surface area contributed by atoms with Crippen LogP contribution < -0.4 is 5.32 Å². The second kappa shape index (κ2) is 6.99. The number of hydrogen-bond acceptors (Lipinski definition) is 4. The summed E-state index contributed by atoms with van der Waals surface area (Å²) in [6.45, 7) is 1.10. The van der Waals surface area contributed by atoms with Gasteiger partial charge in [-0.1, -0.05) is 6.07 Å². The van der Waals surface area contributed by atoms with Crippen LogP contribution in [0.4, 0.5) is 4.39 Å². The summed E-state index contributed by atoms with van der Waals surface area (Å²) in [5, 5.41) is 11.0. The monoisotopic (exact) mass is 381 g/mol. The van der Waals surface area contributed by atoms with Crippen LogP contribution in [0.1, 0.15) is 12.5 Å². The van der Waals surface area contributed by atoms with E-state index < -0.39 is 45.1 Å². The van der Waals surface area contributed by atoms with Crippen molar-refractivity contribution in [2.75, 3.05) is 5.75 Å². The molecule has 6 nitrogen and oxygen atoms in total. The maximum Gasteiger partial charge on any atom is 0.327 e. The van der Waals surface area contributed by atoms with Gasteiger partial charge in [-0.2, -0.15) is 0 Å². The predicted molar refractivity (Wildman–Crippen MR) is 76.8 cm³/mol. The molecule has 1 aromatic carbocycles. The summed E-state index contributed by atoms with van der Waals surface area (Å²) in [4.78, 5) is 21.8. The number of hydrogen-bond donors (Lipinski definition) is 2. The Morgan fingerprint density at radius 3 is 2.52 bits per heavy atom. The number of halogens is 2. The van der Waals surface area contributed by atoms with Crippen LogP contribution in [-0.2, 0) is 25.2 Å². The molecule has 0 saturated carbocycles. The highest BCUT2D eigenvalue weighted by Crippen LogP contribution is 2.18. The number of carbonyl (C=O) groups excluding carboxylic acids is 1. The van der Waals surface area contributed by atoms with Crippen molar-refractivity contribution in [1.82, 2.24) is 5.32 Å². The highest BCUT2D eigenvalue weighted by Gasteiger charge is 2.26. The van der Waals surface area contributed by atoms with E-state index in [-0.39, 0.29) is 4.47 Å². The Bertz CT molecular complexity index is 662. The van der Waals surface area contributed by atoms with Gasteiger partial charge in [-0.15, -0.1) is 0 Å². The van der Waals surface area contributed by atoms with Gasteiger partial charge < -0.3 is 10.4 Å². The summed E-state index contributed by atoms with van der Waals surface area (Å²) in [5.41, 5.74) is 0.315. The Balaban J connectivity index is 2.87. The molecule has 0 fully saturated rings. The molecule has 0 spiro atoms. The minimum absolute atomic E-state index is 0.117. The van der Waals surface area contributed by atoms with E-state index in [2.05, 4.69) is 21.2 Å². The molecule has 1 atom stereocenters. The Hall–Kier alpha value is -1.48. The first-order chi connectivity index (χ1) is 9.60. The highest BCUT2D eigenvalue weighted by molar-refractivity contribution is 9.10. The molecule has 9 heteroatoms. The van der Waals surface area contributed by atoms with Gasteiger partial charge in [0.25, 0.3) is 0 Å². The molecule has 0 radical (unpaired) electrons. The summed E-state index contributed by atoms with van der Waals surface area (Å²) in [6, 6.07) is 2.20. The van der Waals surface area contributed by atoms with Gasteiger partial charge >= 0.3 is 5.97 Å². The van der Waals surface area contributed by atoms with Crippen LogP contribution in [0.15, 0.2) is 22.7 Å². The number of carbonyl (C=O) groups is 2. The van der Waals surface area contributed by atoms with Crippen molar-refractivity contribution in [3.8, 4) is 0 Å². The zero-order chi connectivity index (χ0) is 16.2. The summed E-state index contributed by atoms with van der Waals surface area (Å²) in [5.74, 6) is -3.79. The largest absolute Gasteiger partial charge is 0.480 e. The van der Waals surface area contributed by atoms with Gasteiger partial charge in [0, 0.05) is 6.92 Å². The lowest BCUT2D eigenvalue weighted by Gasteiger charge is -2.13. The molecule has 1 amide bonds. The van der Waals surface area contributed by atoms with Crippen molar-refractivity contribution in [3.05, 3.63) is 34.1 Å². The summed E-state index contributed by atoms with van der Waals surface area (Å²) in [6.07, 6.45) is 0. The third-order valence-electron chi connectivity index (χ3n) is 2.47. The van der Waals surface area contributed by atoms with Crippen molar-refractivity contribution in [3.63, 3.8) is 0 Å². The van der Waals surface area contributed by atoms with Gasteiger partial charge in [0.05, 0.1) is 16.0 Å². The van der Waals surface area contributed by atoms with Gasteiger partial charge in [-0.3, -0.25) is 4.79 Å². The molecule has 0 aromatic heterocycles. The normalized spacial score (nSPS) is 12.7. The summed E-state index contributed by atoms with van der Waals surface area (Å²) >= 11 is 2.94. The third kappa shape index (κ3) is 5.80. The number of aliphatic carboxylic acids is 1. The van der Waals surface area contributed by atoms with Crippen LogP contribution in [-0.4, -0.2) is 37.2 Å². The molecule has 0 bridgehead atoms. The van der Waals surface area contributed by atoms with Crippen molar-refractivity contribution < 1.29 is 27.5 Å². The first kappa shape index (κ1) is 17.6. The number of nitrogens with one attached hydrogen (secondary N) is 1. The van der Waals surface area contributed by atoms with Crippen molar-refractivity contribution in [2.24, 2.45) is 0 Å². The lowest BCUT2D eigenvalue weighted by atomic mass is 10.2. The zero-order valence-electron chi connectivity index (χ0n) is 11.0. The van der Waals surface area contributed by atoms with Gasteiger partial charge in [0.1, 0.15) is 11.9 Å². The zero-order valence-corrected chi connectivity index (χ0v) is 13.4. The van der Waals surface area contributed by atoms with E-state index in [9.17, 15) is 22.4 Å². The second-order valence-corrected chi connectivity index (χ2v) is 7.36. The van der Waals surface area contributed by atoms with E-state index in [1.165, 1.54) is 12.1 Å². The molecular formula is C12H13BrFNO5S. The SMILES string of the molecule is CC(=O)N[C@@H](CS(=O)(=O)Cc1ccc(F)c(Br)c1)C(=O)O. The number of rotatable bonds is 6. The van der Waals surface area contributed by atoms with Crippen molar-refractivity contribution in [2.45, 2.75) is 18.7 Å². The van der Waals surface area contributed by atoms with Gasteiger partial charge in [0.15, 0.2) is 9.84 Å². The van der Waals surface area contributed by atoms with E-state index >= 15 is 0 Å². The van der Waals surface area contributed by atoms with E-state index in [0.717, 1.165) is 13.0 Å². The quantitative estimate of drug-likeness (QED) is 0.767. The van der Waals surface area contributed by atoms with Crippen molar-refractivity contribution >= 4 is 37.6 Å². The standard InChI is InChI=1S/C12H13BrFNO5S/c1-7(16)15-11(12(17)18)6-21(19,20)5-8-2-3-10(14)9(13)4-8/h2-4,11H,5-6H2,1H3,(H,15,16)(H,17,18)/t11-/m0/s1. The third-order valence-corrected chi connectivity index (χ3v) is 4.69. The second-order valence-electron chi connectivity index (χ2n) is 4.39. The van der Waals surface area contributed by atoms with E-state index in [4.69, 9.17) is 5.11 Å². The molecule has 0 unspecified atom stereocenters. The molecule has 0 aliphatic rings. The van der Waals surface area contributed by atoms with Crippen LogP contribution in [0.3, 0.4) is 0 Å². The Kier molecular flexibility index (Phi) is 5.85. The maximum atomic E-state index is 13.1. The van der Waals surface area contributed by atoms with Crippen LogP contribution >= 0.6 is 15.9 Å². The molecule has 21 heavy (non-hydrogen) atoms. The number of carboxylic acids is 1. The lowest BCUT2D eigenvalue weighted by molar-refractivity contribution is -0.140. The highest BCUT2D eigenvalue weighted by atomic mass is 79.9. The summed E-state index contributed by atoms with van der Waals surface area (Å²) < 4.78 is 37.1. The van der Waals surface area contributed by atoms with Gasteiger partial charge in [-0.05, 0) is 33.6 Å². The topological polar surface area (TPSA) is 101 Å². The van der Waals surface area contributed by atoms with E-state index in [1.54, 1.807) is 0 Å². The van der Waals surface area contributed by atoms with Crippen LogP contribution in [0, 0.1) is 5.82 Å². The van der Waals surface area contributed by atoms with Gasteiger partial charge in [-0.25, -0.2) is 17.6 Å². The molecule has 2 N–H and O–H groups in total. The molecule has 1 aromatic rings. The first-order valence-corrected chi connectivity index (χ1v) is 8.36. The van der Waals surface area contributed by atoms with Crippen LogP contribution in [0.2, 0.25) is 0 Å². The Morgan fingerprint density at radius 1 is 1.43 bits per heavy atom. The molecule has 116 valence electrons. The van der Waals surface area contributed by atoms with E-state index in [0.29, 0.717) is 5.56 Å². The average molecular weight is 382 g/mol. The van der Waals surface area contributed by atoms with Gasteiger partial charge in [0.2, 0.25) is 5.91 Å². The molecule has 0 aliphatic carbocycles. The smallest absolute Gasteiger partial charge is 0.327 e. The fourth-order valence-corrected chi connectivity index (χ4v) is 3.58. The Labute approximate surface area is 129 Å². The minimum atomic E-state index is -3.79. The predicted octanol–water partition coefficient (Wildman–Crippen LogP) is 1.09. The number of amides is 1. The number of benzene rings is 1. The molecular weight excluding hydrogens is 369 g/mol. The first-order valence-electron chi connectivity index (χ1n) is 5.75. The lowest BCUT2D eigenvalue weighted by Crippen LogP contribution is -2.44. The Morgan fingerprint density at radius 2 is 2.05 bits per heavy atom. The maximum absolute atomic E-state index is 13.1. The van der Waals surface area contributed by atoms with E-state index in [1.807, 2.05) is 0 Å². The van der Waals surface area contributed by atoms with Crippen LogP contribution in [0.5, 0.6) is 0 Å². The number of carboxylic acid groups (broad SMARTS) is 1. The molecule has 0 aliphatic heterocycles.